The van der Waals surface area contributed by atoms with Gasteiger partial charge in [-0.05, 0) is 48.7 Å². The Morgan fingerprint density at radius 2 is 2.19 bits per heavy atom. The van der Waals surface area contributed by atoms with Crippen LogP contribution >= 0.6 is 15.9 Å². The molecule has 1 aliphatic heterocycles. The SMILES string of the molecule is CCn1nc(C)c(Br)c1CN1CCC(C(=O)O)(C(C)C)C1. The van der Waals surface area contributed by atoms with Gasteiger partial charge in [0.1, 0.15) is 0 Å². The molecule has 1 N–H and O–H groups in total. The summed E-state index contributed by atoms with van der Waals surface area (Å²) in [4.78, 5) is 13.9. The van der Waals surface area contributed by atoms with Gasteiger partial charge in [0.15, 0.2) is 0 Å². The van der Waals surface area contributed by atoms with Crippen molar-refractivity contribution >= 4 is 21.9 Å². The minimum absolute atomic E-state index is 0.140. The third kappa shape index (κ3) is 2.88. The Balaban J connectivity index is 2.18. The standard InChI is InChI=1S/C15H24BrN3O2/c1-5-19-12(13(16)11(4)17-19)8-18-7-6-15(9-18,10(2)3)14(20)21/h10H,5-9H2,1-4H3,(H,20,21). The van der Waals surface area contributed by atoms with Crippen molar-refractivity contribution < 1.29 is 9.90 Å². The minimum atomic E-state index is -0.667. The van der Waals surface area contributed by atoms with Gasteiger partial charge in [-0.2, -0.15) is 5.10 Å². The van der Waals surface area contributed by atoms with Crippen LogP contribution in [-0.4, -0.2) is 38.8 Å². The molecule has 2 heterocycles. The van der Waals surface area contributed by atoms with Crippen LogP contribution in [0.4, 0.5) is 0 Å². The first kappa shape index (κ1) is 16.5. The maximum atomic E-state index is 11.7. The molecule has 1 unspecified atom stereocenters. The predicted octanol–water partition coefficient (Wildman–Crippen LogP) is 2.91. The highest BCUT2D eigenvalue weighted by Gasteiger charge is 2.47. The van der Waals surface area contributed by atoms with Gasteiger partial charge in [-0.15, -0.1) is 0 Å². The number of rotatable bonds is 5. The summed E-state index contributed by atoms with van der Waals surface area (Å²) in [6, 6.07) is 0. The summed E-state index contributed by atoms with van der Waals surface area (Å²) < 4.78 is 3.04. The third-order valence-electron chi connectivity index (χ3n) is 4.74. The molecule has 0 radical (unpaired) electrons. The van der Waals surface area contributed by atoms with E-state index in [1.165, 1.54) is 0 Å². The molecule has 118 valence electrons. The number of hydrogen-bond donors (Lipinski definition) is 1. The summed E-state index contributed by atoms with van der Waals surface area (Å²) in [6.45, 7) is 11.1. The number of aliphatic carboxylic acids is 1. The van der Waals surface area contributed by atoms with Gasteiger partial charge in [0.05, 0.1) is 21.3 Å². The summed E-state index contributed by atoms with van der Waals surface area (Å²) in [6.07, 6.45) is 0.719. The number of aryl methyl sites for hydroxylation is 2. The van der Waals surface area contributed by atoms with Gasteiger partial charge >= 0.3 is 5.97 Å². The van der Waals surface area contributed by atoms with Crippen LogP contribution in [0.1, 0.15) is 38.6 Å². The van der Waals surface area contributed by atoms with Gasteiger partial charge in [0, 0.05) is 19.6 Å². The highest BCUT2D eigenvalue weighted by molar-refractivity contribution is 9.10. The third-order valence-corrected chi connectivity index (χ3v) is 5.77. The zero-order chi connectivity index (χ0) is 15.8. The van der Waals surface area contributed by atoms with Gasteiger partial charge in [-0.3, -0.25) is 14.4 Å². The van der Waals surface area contributed by atoms with Crippen molar-refractivity contribution in [2.75, 3.05) is 13.1 Å². The molecule has 0 spiro atoms. The van der Waals surface area contributed by atoms with Crippen molar-refractivity contribution in [1.82, 2.24) is 14.7 Å². The smallest absolute Gasteiger partial charge is 0.311 e. The lowest BCUT2D eigenvalue weighted by Crippen LogP contribution is -2.39. The molecule has 21 heavy (non-hydrogen) atoms. The van der Waals surface area contributed by atoms with Gasteiger partial charge in [0.25, 0.3) is 0 Å². The van der Waals surface area contributed by atoms with Gasteiger partial charge < -0.3 is 5.11 Å². The zero-order valence-corrected chi connectivity index (χ0v) is 14.8. The monoisotopic (exact) mass is 357 g/mol. The van der Waals surface area contributed by atoms with E-state index in [1.807, 2.05) is 25.5 Å². The van der Waals surface area contributed by atoms with Crippen LogP contribution in [0.5, 0.6) is 0 Å². The Labute approximate surface area is 134 Å². The Kier molecular flexibility index (Phi) is 4.78. The van der Waals surface area contributed by atoms with Crippen molar-refractivity contribution in [3.63, 3.8) is 0 Å². The van der Waals surface area contributed by atoms with Crippen molar-refractivity contribution in [3.8, 4) is 0 Å². The van der Waals surface area contributed by atoms with Gasteiger partial charge in [0.2, 0.25) is 0 Å². The van der Waals surface area contributed by atoms with Crippen LogP contribution in [-0.2, 0) is 17.9 Å². The molecule has 1 saturated heterocycles. The van der Waals surface area contributed by atoms with Crippen molar-refractivity contribution in [2.24, 2.45) is 11.3 Å². The van der Waals surface area contributed by atoms with Gasteiger partial charge in [-0.1, -0.05) is 13.8 Å². The van der Waals surface area contributed by atoms with E-state index in [2.05, 4.69) is 32.9 Å². The zero-order valence-electron chi connectivity index (χ0n) is 13.2. The number of carboxylic acids is 1. The predicted molar refractivity (Wildman–Crippen MR) is 85.1 cm³/mol. The molecule has 1 aliphatic rings. The lowest BCUT2D eigenvalue weighted by Gasteiger charge is -2.29. The minimum Gasteiger partial charge on any atom is -0.481 e. The van der Waals surface area contributed by atoms with E-state index < -0.39 is 11.4 Å². The molecule has 6 heteroatoms. The fourth-order valence-corrected chi connectivity index (χ4v) is 3.58. The quantitative estimate of drug-likeness (QED) is 0.879. The van der Waals surface area contributed by atoms with E-state index >= 15 is 0 Å². The topological polar surface area (TPSA) is 58.4 Å². The van der Waals surface area contributed by atoms with Crippen LogP contribution in [0, 0.1) is 18.3 Å². The fourth-order valence-electron chi connectivity index (χ4n) is 3.17. The molecule has 0 amide bonds. The Morgan fingerprint density at radius 1 is 1.52 bits per heavy atom. The number of likely N-dealkylation sites (tertiary alicyclic amines) is 1. The molecule has 0 aliphatic carbocycles. The molecular formula is C15H24BrN3O2. The summed E-state index contributed by atoms with van der Waals surface area (Å²) in [5.41, 5.74) is 1.51. The van der Waals surface area contributed by atoms with Crippen LogP contribution < -0.4 is 0 Å². The second kappa shape index (κ2) is 6.08. The Hall–Kier alpha value is -0.880. The van der Waals surface area contributed by atoms with Crippen molar-refractivity contribution in [3.05, 3.63) is 15.9 Å². The molecular weight excluding hydrogens is 334 g/mol. The number of hydrogen-bond acceptors (Lipinski definition) is 3. The first-order chi connectivity index (χ1) is 9.81. The molecule has 5 nitrogen and oxygen atoms in total. The number of nitrogens with zero attached hydrogens (tertiary/aromatic N) is 3. The van der Waals surface area contributed by atoms with Crippen molar-refractivity contribution in [1.29, 1.82) is 0 Å². The summed E-state index contributed by atoms with van der Waals surface area (Å²) in [7, 11) is 0. The maximum Gasteiger partial charge on any atom is 0.311 e. The second-order valence-corrected chi connectivity index (χ2v) is 7.03. The van der Waals surface area contributed by atoms with E-state index in [1.54, 1.807) is 0 Å². The molecule has 1 atom stereocenters. The molecule has 0 saturated carbocycles. The first-order valence-electron chi connectivity index (χ1n) is 7.49. The van der Waals surface area contributed by atoms with Crippen LogP contribution in [0.25, 0.3) is 0 Å². The van der Waals surface area contributed by atoms with Crippen LogP contribution in [0.3, 0.4) is 0 Å². The Bertz CT molecular complexity index is 541. The Morgan fingerprint density at radius 3 is 2.67 bits per heavy atom. The highest BCUT2D eigenvalue weighted by Crippen LogP contribution is 2.39. The van der Waals surface area contributed by atoms with E-state index in [4.69, 9.17) is 0 Å². The number of carbonyl (C=O) groups is 1. The average molecular weight is 358 g/mol. The highest BCUT2D eigenvalue weighted by atomic mass is 79.9. The van der Waals surface area contributed by atoms with Gasteiger partial charge in [-0.25, -0.2) is 0 Å². The number of carboxylic acid groups (broad SMARTS) is 1. The maximum absolute atomic E-state index is 11.7. The summed E-state index contributed by atoms with van der Waals surface area (Å²) in [5.74, 6) is -0.527. The molecule has 2 rings (SSSR count). The molecule has 1 fully saturated rings. The number of halogens is 1. The van der Waals surface area contributed by atoms with E-state index in [0.717, 1.165) is 41.9 Å². The van der Waals surface area contributed by atoms with Crippen LogP contribution in [0.15, 0.2) is 4.47 Å². The fraction of sp³-hybridized carbons (Fsp3) is 0.733. The molecule has 0 bridgehead atoms. The summed E-state index contributed by atoms with van der Waals surface area (Å²) >= 11 is 3.61. The lowest BCUT2D eigenvalue weighted by atomic mass is 9.76. The van der Waals surface area contributed by atoms with Crippen LogP contribution in [0.2, 0.25) is 0 Å². The van der Waals surface area contributed by atoms with E-state index in [9.17, 15) is 9.90 Å². The largest absolute Gasteiger partial charge is 0.481 e. The molecule has 0 aromatic carbocycles. The molecule has 1 aromatic rings. The normalized spacial score (nSPS) is 23.1. The van der Waals surface area contributed by atoms with Crippen molar-refractivity contribution in [2.45, 2.75) is 47.2 Å². The molecule has 1 aromatic heterocycles. The average Bonchev–Trinajstić information content (AvgIpc) is 2.96. The van der Waals surface area contributed by atoms with E-state index in [-0.39, 0.29) is 5.92 Å². The number of aromatic nitrogens is 2. The summed E-state index contributed by atoms with van der Waals surface area (Å²) in [5, 5.41) is 14.1. The van der Waals surface area contributed by atoms with E-state index in [0.29, 0.717) is 6.54 Å². The second-order valence-electron chi connectivity index (χ2n) is 6.24. The lowest BCUT2D eigenvalue weighted by molar-refractivity contribution is -0.151. The first-order valence-corrected chi connectivity index (χ1v) is 8.28.